The number of aryl methyl sites for hydroxylation is 2. The van der Waals surface area contributed by atoms with Crippen molar-refractivity contribution in [3.05, 3.63) is 47.8 Å². The third kappa shape index (κ3) is 4.58. The van der Waals surface area contributed by atoms with Gasteiger partial charge in [-0.1, -0.05) is 0 Å². The third-order valence-electron chi connectivity index (χ3n) is 3.48. The molecule has 0 radical (unpaired) electrons. The summed E-state index contributed by atoms with van der Waals surface area (Å²) in [4.78, 5) is 24.1. The van der Waals surface area contributed by atoms with E-state index in [1.54, 1.807) is 13.1 Å². The van der Waals surface area contributed by atoms with E-state index < -0.39 is 0 Å². The van der Waals surface area contributed by atoms with Gasteiger partial charge < -0.3 is 0 Å². The standard InChI is InChI=1S/C18H21N3O/c1-13-6-9-20-17(11-13)18-12-16(7-10-21-18)5-4-8-19-14(2)15(3)22/h6-12,14H,4-5H2,1-3H3. The number of rotatable bonds is 6. The minimum atomic E-state index is -0.246. The van der Waals surface area contributed by atoms with E-state index in [1.165, 1.54) is 11.1 Å². The molecule has 1 unspecified atom stereocenters. The van der Waals surface area contributed by atoms with Crippen LogP contribution in [0.2, 0.25) is 0 Å². The number of Topliss-reactive ketones (excluding diaryl/α,β-unsaturated/α-hetero) is 1. The minimum Gasteiger partial charge on any atom is -0.298 e. The molecule has 0 N–H and O–H groups in total. The van der Waals surface area contributed by atoms with Gasteiger partial charge in [0, 0.05) is 12.4 Å². The Morgan fingerprint density at radius 1 is 1.23 bits per heavy atom. The fourth-order valence-corrected chi connectivity index (χ4v) is 2.01. The SMILES string of the molecule is CC(=O)C(C)N=CCCc1ccnc(-c2cc(C)ccn2)c1. The zero-order valence-electron chi connectivity index (χ0n) is 13.3. The monoisotopic (exact) mass is 295 g/mol. The number of pyridine rings is 2. The van der Waals surface area contributed by atoms with Gasteiger partial charge in [0.1, 0.15) is 6.04 Å². The molecular formula is C18H21N3O. The second kappa shape index (κ2) is 7.59. The molecule has 4 nitrogen and oxygen atoms in total. The summed E-state index contributed by atoms with van der Waals surface area (Å²) in [5, 5.41) is 0. The number of nitrogens with zero attached hydrogens (tertiary/aromatic N) is 3. The predicted molar refractivity (Wildman–Crippen MR) is 89.2 cm³/mol. The van der Waals surface area contributed by atoms with Crippen LogP contribution in [0.4, 0.5) is 0 Å². The Kier molecular flexibility index (Phi) is 5.53. The fraction of sp³-hybridized carbons (Fsp3) is 0.333. The van der Waals surface area contributed by atoms with Gasteiger partial charge in [-0.25, -0.2) is 0 Å². The fourth-order valence-electron chi connectivity index (χ4n) is 2.01. The Labute approximate surface area is 131 Å². The number of hydrogen-bond donors (Lipinski definition) is 0. The summed E-state index contributed by atoms with van der Waals surface area (Å²) in [7, 11) is 0. The van der Waals surface area contributed by atoms with Crippen molar-refractivity contribution in [2.45, 2.75) is 39.7 Å². The Bertz CT molecular complexity index is 680. The van der Waals surface area contributed by atoms with Crippen molar-refractivity contribution in [3.63, 3.8) is 0 Å². The van der Waals surface area contributed by atoms with Crippen molar-refractivity contribution >= 4 is 12.0 Å². The van der Waals surface area contributed by atoms with Crippen molar-refractivity contribution in [2.75, 3.05) is 0 Å². The maximum absolute atomic E-state index is 11.1. The summed E-state index contributed by atoms with van der Waals surface area (Å²) in [5.74, 6) is 0.0907. The molecule has 0 spiro atoms. The summed E-state index contributed by atoms with van der Waals surface area (Å²) < 4.78 is 0. The molecular weight excluding hydrogens is 274 g/mol. The highest BCUT2D eigenvalue weighted by molar-refractivity contribution is 5.82. The van der Waals surface area contributed by atoms with E-state index in [0.717, 1.165) is 24.2 Å². The average molecular weight is 295 g/mol. The Morgan fingerprint density at radius 3 is 2.59 bits per heavy atom. The zero-order valence-corrected chi connectivity index (χ0v) is 13.3. The van der Waals surface area contributed by atoms with Crippen molar-refractivity contribution in [1.29, 1.82) is 0 Å². The maximum atomic E-state index is 11.1. The second-order valence-corrected chi connectivity index (χ2v) is 5.42. The molecule has 0 aliphatic heterocycles. The second-order valence-electron chi connectivity index (χ2n) is 5.42. The molecule has 2 rings (SSSR count). The van der Waals surface area contributed by atoms with Crippen LogP contribution in [0.25, 0.3) is 11.4 Å². The summed E-state index contributed by atoms with van der Waals surface area (Å²) >= 11 is 0. The molecule has 0 saturated heterocycles. The van der Waals surface area contributed by atoms with E-state index in [2.05, 4.69) is 21.0 Å². The quantitative estimate of drug-likeness (QED) is 0.767. The van der Waals surface area contributed by atoms with Crippen molar-refractivity contribution in [1.82, 2.24) is 9.97 Å². The number of aromatic nitrogens is 2. The van der Waals surface area contributed by atoms with Crippen LogP contribution in [0.3, 0.4) is 0 Å². The van der Waals surface area contributed by atoms with Crippen LogP contribution in [0.1, 0.15) is 31.4 Å². The number of ketones is 1. The molecule has 0 aromatic carbocycles. The molecule has 0 saturated carbocycles. The Hall–Kier alpha value is -2.36. The normalized spacial score (nSPS) is 12.5. The van der Waals surface area contributed by atoms with Crippen molar-refractivity contribution < 1.29 is 4.79 Å². The lowest BCUT2D eigenvalue weighted by atomic mass is 10.1. The largest absolute Gasteiger partial charge is 0.298 e. The first-order valence-corrected chi connectivity index (χ1v) is 7.46. The van der Waals surface area contributed by atoms with E-state index in [0.29, 0.717) is 0 Å². The molecule has 0 fully saturated rings. The number of carbonyl (C=O) groups excluding carboxylic acids is 1. The Balaban J connectivity index is 2.02. The predicted octanol–water partition coefficient (Wildman–Crippen LogP) is 3.43. The molecule has 0 aliphatic carbocycles. The lowest BCUT2D eigenvalue weighted by Crippen LogP contribution is -2.09. The zero-order chi connectivity index (χ0) is 15.9. The number of aliphatic imine (C=N–C) groups is 1. The molecule has 0 amide bonds. The van der Waals surface area contributed by atoms with Gasteiger partial charge in [0.15, 0.2) is 5.78 Å². The average Bonchev–Trinajstić information content (AvgIpc) is 2.51. The Morgan fingerprint density at radius 2 is 1.91 bits per heavy atom. The van der Waals surface area contributed by atoms with Crippen LogP contribution in [0, 0.1) is 6.92 Å². The van der Waals surface area contributed by atoms with E-state index in [1.807, 2.05) is 44.5 Å². The van der Waals surface area contributed by atoms with Gasteiger partial charge in [-0.05, 0) is 75.2 Å². The van der Waals surface area contributed by atoms with Crippen LogP contribution < -0.4 is 0 Å². The van der Waals surface area contributed by atoms with Crippen LogP contribution in [0.15, 0.2) is 41.7 Å². The first kappa shape index (κ1) is 16.0. The van der Waals surface area contributed by atoms with Crippen molar-refractivity contribution in [2.24, 2.45) is 4.99 Å². The molecule has 4 heteroatoms. The topological polar surface area (TPSA) is 55.2 Å². The van der Waals surface area contributed by atoms with Gasteiger partial charge >= 0.3 is 0 Å². The van der Waals surface area contributed by atoms with Gasteiger partial charge in [-0.15, -0.1) is 0 Å². The highest BCUT2D eigenvalue weighted by Crippen LogP contribution is 2.17. The van der Waals surface area contributed by atoms with Gasteiger partial charge in [-0.3, -0.25) is 19.8 Å². The molecule has 22 heavy (non-hydrogen) atoms. The molecule has 114 valence electrons. The highest BCUT2D eigenvalue weighted by atomic mass is 16.1. The van der Waals surface area contributed by atoms with Crippen LogP contribution in [-0.2, 0) is 11.2 Å². The van der Waals surface area contributed by atoms with E-state index in [9.17, 15) is 4.79 Å². The first-order chi connectivity index (χ1) is 10.6. The summed E-state index contributed by atoms with van der Waals surface area (Å²) in [5.41, 5.74) is 4.13. The lowest BCUT2D eigenvalue weighted by Gasteiger charge is -2.04. The summed E-state index contributed by atoms with van der Waals surface area (Å²) in [6.45, 7) is 5.42. The maximum Gasteiger partial charge on any atom is 0.153 e. The van der Waals surface area contributed by atoms with Crippen LogP contribution in [-0.4, -0.2) is 28.0 Å². The van der Waals surface area contributed by atoms with E-state index >= 15 is 0 Å². The van der Waals surface area contributed by atoms with E-state index in [-0.39, 0.29) is 11.8 Å². The number of hydrogen-bond acceptors (Lipinski definition) is 4. The molecule has 0 bridgehead atoms. The molecule has 2 aromatic heterocycles. The van der Waals surface area contributed by atoms with Crippen molar-refractivity contribution in [3.8, 4) is 11.4 Å². The van der Waals surface area contributed by atoms with Gasteiger partial charge in [0.2, 0.25) is 0 Å². The third-order valence-corrected chi connectivity index (χ3v) is 3.48. The molecule has 2 aromatic rings. The lowest BCUT2D eigenvalue weighted by molar-refractivity contribution is -0.117. The number of carbonyl (C=O) groups is 1. The van der Waals surface area contributed by atoms with Gasteiger partial charge in [0.05, 0.1) is 11.4 Å². The van der Waals surface area contributed by atoms with Crippen LogP contribution in [0.5, 0.6) is 0 Å². The smallest absolute Gasteiger partial charge is 0.153 e. The summed E-state index contributed by atoms with van der Waals surface area (Å²) in [6, 6.07) is 7.82. The van der Waals surface area contributed by atoms with Crippen LogP contribution >= 0.6 is 0 Å². The van der Waals surface area contributed by atoms with Gasteiger partial charge in [0.25, 0.3) is 0 Å². The molecule has 0 aliphatic rings. The van der Waals surface area contributed by atoms with Gasteiger partial charge in [-0.2, -0.15) is 0 Å². The summed E-state index contributed by atoms with van der Waals surface area (Å²) in [6.07, 6.45) is 7.12. The molecule has 1 atom stereocenters. The van der Waals surface area contributed by atoms with E-state index in [4.69, 9.17) is 0 Å². The molecule has 2 heterocycles. The minimum absolute atomic E-state index is 0.0907. The first-order valence-electron chi connectivity index (χ1n) is 7.46. The highest BCUT2D eigenvalue weighted by Gasteiger charge is 2.04.